The molecule has 146 valence electrons. The van der Waals surface area contributed by atoms with Crippen molar-refractivity contribution in [3.8, 4) is 0 Å². The fraction of sp³-hybridized carbons (Fsp3) is 0.381. The average molecular weight is 382 g/mol. The van der Waals surface area contributed by atoms with Gasteiger partial charge in [0.15, 0.2) is 5.70 Å². The van der Waals surface area contributed by atoms with Crippen molar-refractivity contribution in [2.45, 2.75) is 54.4 Å². The number of nitrogens with zero attached hydrogens (tertiary/aromatic N) is 4. The minimum atomic E-state index is -3.98. The number of hydrogen-bond donors (Lipinski definition) is 0. The van der Waals surface area contributed by atoms with Crippen molar-refractivity contribution in [1.82, 2.24) is 14.4 Å². The van der Waals surface area contributed by atoms with Gasteiger partial charge in [0.05, 0.1) is 5.57 Å². The van der Waals surface area contributed by atoms with Crippen LogP contribution in [0.25, 0.3) is 5.57 Å². The maximum atomic E-state index is 16.0. The quantitative estimate of drug-likeness (QED) is 0.724. The summed E-state index contributed by atoms with van der Waals surface area (Å²) in [4.78, 5) is 8.33. The second kappa shape index (κ2) is 6.22. The fourth-order valence-electron chi connectivity index (χ4n) is 5.18. The van der Waals surface area contributed by atoms with E-state index in [2.05, 4.69) is 9.97 Å². The first-order valence-corrected chi connectivity index (χ1v) is 9.83. The zero-order valence-electron chi connectivity index (χ0n) is 17.3. The second-order valence-electron chi connectivity index (χ2n) is 7.61. The lowest BCUT2D eigenvalue weighted by Gasteiger charge is -2.33. The lowest BCUT2D eigenvalue weighted by atomic mass is 9.84. The lowest BCUT2D eigenvalue weighted by Crippen LogP contribution is -2.51. The zero-order valence-corrected chi connectivity index (χ0v) is 17.3. The highest BCUT2D eigenvalue weighted by molar-refractivity contribution is 6.58. The fourth-order valence-corrected chi connectivity index (χ4v) is 5.18. The van der Waals surface area contributed by atoms with E-state index in [-0.39, 0.29) is 0 Å². The molecule has 0 bridgehead atoms. The van der Waals surface area contributed by atoms with Crippen LogP contribution < -0.4 is 0 Å². The number of hydrogen-bond acceptors (Lipinski definition) is 2. The molecule has 0 aliphatic carbocycles. The van der Waals surface area contributed by atoms with Gasteiger partial charge in [-0.1, -0.05) is 13.8 Å². The number of allylic oxidation sites excluding steroid dienone is 2. The van der Waals surface area contributed by atoms with Crippen LogP contribution in [-0.4, -0.2) is 31.6 Å². The Bertz CT molecular complexity index is 1090. The van der Waals surface area contributed by atoms with Gasteiger partial charge in [-0.3, -0.25) is 0 Å². The zero-order chi connectivity index (χ0) is 20.4. The van der Waals surface area contributed by atoms with E-state index in [1.54, 1.807) is 12.4 Å². The summed E-state index contributed by atoms with van der Waals surface area (Å²) in [6.07, 6.45) is 6.34. The topological polar surface area (TPSA) is 33.7 Å². The summed E-state index contributed by atoms with van der Waals surface area (Å²) >= 11 is 0. The van der Waals surface area contributed by atoms with Crippen LogP contribution in [0.5, 0.6) is 0 Å². The van der Waals surface area contributed by atoms with Gasteiger partial charge in [0.2, 0.25) is 0 Å². The van der Waals surface area contributed by atoms with Gasteiger partial charge in [0.25, 0.3) is 0 Å². The van der Waals surface area contributed by atoms with E-state index in [1.165, 1.54) is 15.3 Å². The molecule has 2 aliphatic heterocycles. The Balaban J connectivity index is 2.23. The molecule has 0 atom stereocenters. The Morgan fingerprint density at radius 1 is 1.04 bits per heavy atom. The molecule has 28 heavy (non-hydrogen) atoms. The summed E-state index contributed by atoms with van der Waals surface area (Å²) in [5, 5.41) is 0. The molecule has 0 N–H and O–H groups in total. The number of aromatic nitrogens is 3. The van der Waals surface area contributed by atoms with Gasteiger partial charge in [-0.2, -0.15) is 0 Å². The second-order valence-corrected chi connectivity index (χ2v) is 7.61. The largest absolute Gasteiger partial charge is 0.737 e. The van der Waals surface area contributed by atoms with Crippen molar-refractivity contribution in [1.29, 1.82) is 0 Å². The molecule has 0 radical (unpaired) electrons. The van der Waals surface area contributed by atoms with Crippen LogP contribution in [0.4, 0.5) is 8.63 Å². The van der Waals surface area contributed by atoms with Crippen molar-refractivity contribution in [2.24, 2.45) is 0 Å². The SMILES string of the molecule is CCC1=C(C)C2=C(c3cncnc3)c3c(C)c(CC)c(C)n3[B-](F)(F)[N+]2=C1C. The summed E-state index contributed by atoms with van der Waals surface area (Å²) in [5.74, 6) is 0. The van der Waals surface area contributed by atoms with E-state index in [0.717, 1.165) is 46.3 Å². The van der Waals surface area contributed by atoms with Gasteiger partial charge in [-0.05, 0) is 50.4 Å². The molecule has 0 fully saturated rings. The first kappa shape index (κ1) is 18.8. The van der Waals surface area contributed by atoms with E-state index in [9.17, 15) is 0 Å². The predicted molar refractivity (Wildman–Crippen MR) is 109 cm³/mol. The Morgan fingerprint density at radius 2 is 1.68 bits per heavy atom. The summed E-state index contributed by atoms with van der Waals surface area (Å²) in [6, 6.07) is 0. The van der Waals surface area contributed by atoms with E-state index < -0.39 is 6.97 Å². The van der Waals surface area contributed by atoms with Crippen LogP contribution >= 0.6 is 0 Å². The van der Waals surface area contributed by atoms with Crippen LogP contribution in [0.2, 0.25) is 0 Å². The monoisotopic (exact) mass is 382 g/mol. The maximum Gasteiger partial charge on any atom is 0.737 e. The Kier molecular flexibility index (Phi) is 4.17. The summed E-state index contributed by atoms with van der Waals surface area (Å²) in [7, 11) is 0. The highest BCUT2D eigenvalue weighted by Crippen LogP contribution is 2.46. The Morgan fingerprint density at radius 3 is 2.25 bits per heavy atom. The third kappa shape index (κ3) is 2.19. The normalized spacial score (nSPS) is 18.1. The number of halogens is 2. The van der Waals surface area contributed by atoms with E-state index in [0.29, 0.717) is 22.8 Å². The lowest BCUT2D eigenvalue weighted by molar-refractivity contribution is -0.363. The van der Waals surface area contributed by atoms with Gasteiger partial charge < -0.3 is 17.6 Å². The predicted octanol–water partition coefficient (Wildman–Crippen LogP) is 4.67. The highest BCUT2D eigenvalue weighted by Gasteiger charge is 2.56. The number of fused-ring (bicyclic) bond motifs is 2. The first-order chi connectivity index (χ1) is 13.3. The molecule has 0 unspecified atom stereocenters. The molecule has 4 rings (SSSR count). The Hall–Kier alpha value is -2.57. The maximum absolute atomic E-state index is 16.0. The van der Waals surface area contributed by atoms with Gasteiger partial charge in [0, 0.05) is 41.7 Å². The molecule has 0 aromatic carbocycles. The number of rotatable bonds is 3. The van der Waals surface area contributed by atoms with Crippen LogP contribution in [0.3, 0.4) is 0 Å². The Labute approximate surface area is 164 Å². The molecule has 0 amide bonds. The van der Waals surface area contributed by atoms with E-state index >= 15 is 8.63 Å². The molecule has 2 aromatic rings. The molecule has 2 aliphatic rings. The minimum Gasteiger partial charge on any atom is -0.393 e. The standard InChI is InChI=1S/C21H25BF2N4/c1-7-17-12(3)20-19(16-9-25-11-26-10-16)21-13(4)18(8-2)15(6)28(21)22(23,24)27(20)14(17)5/h9-11H,7-8H2,1-6H3. The van der Waals surface area contributed by atoms with Gasteiger partial charge in [-0.25, -0.2) is 9.97 Å². The van der Waals surface area contributed by atoms with Crippen molar-refractivity contribution in [2.75, 3.05) is 0 Å². The molecule has 0 saturated carbocycles. The molecule has 0 saturated heterocycles. The van der Waals surface area contributed by atoms with Crippen LogP contribution in [0, 0.1) is 13.8 Å². The molecule has 7 heteroatoms. The summed E-state index contributed by atoms with van der Waals surface area (Å²) in [6.45, 7) is 7.57. The van der Waals surface area contributed by atoms with E-state index in [1.807, 2.05) is 41.5 Å². The van der Waals surface area contributed by atoms with Crippen LogP contribution in [0.1, 0.15) is 62.2 Å². The molecule has 4 nitrogen and oxygen atoms in total. The first-order valence-electron chi connectivity index (χ1n) is 9.83. The van der Waals surface area contributed by atoms with Crippen molar-refractivity contribution < 1.29 is 13.1 Å². The third-order valence-corrected chi connectivity index (χ3v) is 6.34. The molecular formula is C21H25BF2N4. The third-order valence-electron chi connectivity index (χ3n) is 6.34. The molecule has 4 heterocycles. The molecular weight excluding hydrogens is 357 g/mol. The van der Waals surface area contributed by atoms with Gasteiger partial charge in [-0.15, -0.1) is 0 Å². The van der Waals surface area contributed by atoms with Crippen molar-refractivity contribution in [3.05, 3.63) is 63.6 Å². The minimum absolute atomic E-state index is 0.602. The van der Waals surface area contributed by atoms with Gasteiger partial charge in [0.1, 0.15) is 12.0 Å². The van der Waals surface area contributed by atoms with Gasteiger partial charge >= 0.3 is 6.97 Å². The average Bonchev–Trinajstić information content (AvgIpc) is 3.07. The summed E-state index contributed by atoms with van der Waals surface area (Å²) < 4.78 is 34.6. The van der Waals surface area contributed by atoms with E-state index in [4.69, 9.17) is 0 Å². The highest BCUT2D eigenvalue weighted by atomic mass is 19.2. The smallest absolute Gasteiger partial charge is 0.393 e. The van der Waals surface area contributed by atoms with Crippen molar-refractivity contribution in [3.63, 3.8) is 0 Å². The molecule has 0 spiro atoms. The van der Waals surface area contributed by atoms with Crippen molar-refractivity contribution >= 4 is 18.3 Å². The molecule has 2 aromatic heterocycles. The van der Waals surface area contributed by atoms with Crippen LogP contribution in [0.15, 0.2) is 35.6 Å². The summed E-state index contributed by atoms with van der Waals surface area (Å²) in [5.41, 5.74) is 7.87. The van der Waals surface area contributed by atoms with Crippen LogP contribution in [-0.2, 0) is 6.42 Å².